The molecule has 1 heterocycles. The Bertz CT molecular complexity index is 1050. The summed E-state index contributed by atoms with van der Waals surface area (Å²) in [5.74, 6) is 1.92. The number of amides is 1. The van der Waals surface area contributed by atoms with E-state index in [4.69, 9.17) is 4.74 Å². The zero-order valence-electron chi connectivity index (χ0n) is 26.0. The van der Waals surface area contributed by atoms with Gasteiger partial charge in [0.15, 0.2) is 0 Å². The summed E-state index contributed by atoms with van der Waals surface area (Å²) in [5.41, 5.74) is 3.24. The maximum atomic E-state index is 12.6. The van der Waals surface area contributed by atoms with Crippen LogP contribution in [0.3, 0.4) is 0 Å². The van der Waals surface area contributed by atoms with Gasteiger partial charge >= 0.3 is 0 Å². The summed E-state index contributed by atoms with van der Waals surface area (Å²) in [7, 11) is 0. The molecule has 0 saturated heterocycles. The Morgan fingerprint density at radius 2 is 1.44 bits per heavy atom. The van der Waals surface area contributed by atoms with Gasteiger partial charge in [0, 0.05) is 25.4 Å². The number of unbranched alkanes of at least 4 members (excludes halogenated alkanes) is 13. The Labute approximate surface area is 254 Å². The zero-order chi connectivity index (χ0) is 29.1. The van der Waals surface area contributed by atoms with Crippen LogP contribution in [-0.2, 0) is 17.9 Å². The van der Waals surface area contributed by atoms with E-state index in [2.05, 4.69) is 55.3 Å². The Morgan fingerprint density at radius 3 is 2.05 bits per heavy atom. The minimum Gasteiger partial charge on any atom is -0.494 e. The second-order valence-corrected chi connectivity index (χ2v) is 12.8. The van der Waals surface area contributed by atoms with Crippen LogP contribution in [0.4, 0.5) is 5.69 Å². The third-order valence-electron chi connectivity index (χ3n) is 7.82. The van der Waals surface area contributed by atoms with Crippen LogP contribution < -0.4 is 9.64 Å². The van der Waals surface area contributed by atoms with Crippen molar-refractivity contribution in [2.45, 2.75) is 124 Å². The number of anilines is 1. The second-order valence-electron chi connectivity index (χ2n) is 11.6. The van der Waals surface area contributed by atoms with Crippen molar-refractivity contribution in [2.24, 2.45) is 0 Å². The molecule has 2 aromatic rings. The van der Waals surface area contributed by atoms with Crippen molar-refractivity contribution in [3.05, 3.63) is 70.8 Å². The van der Waals surface area contributed by atoms with Crippen molar-refractivity contribution < 1.29 is 9.53 Å². The quantitative estimate of drug-likeness (QED) is 0.138. The predicted molar refractivity (Wildman–Crippen MR) is 177 cm³/mol. The topological polar surface area (TPSA) is 32.8 Å². The molecule has 0 aromatic heterocycles. The molecular weight excluding hydrogens is 524 g/mol. The molecule has 1 amide bonds. The normalized spacial score (nSPS) is 13.0. The number of carbonyl (C=O) groups is 1. The van der Waals surface area contributed by atoms with Gasteiger partial charge in [-0.25, -0.2) is 0 Å². The molecule has 0 spiro atoms. The van der Waals surface area contributed by atoms with Crippen molar-refractivity contribution in [1.29, 1.82) is 0 Å². The molecule has 41 heavy (non-hydrogen) atoms. The molecule has 1 aliphatic heterocycles. The van der Waals surface area contributed by atoms with E-state index < -0.39 is 0 Å². The van der Waals surface area contributed by atoms with E-state index in [1.807, 2.05) is 34.9 Å². The van der Waals surface area contributed by atoms with Crippen LogP contribution in [0.1, 0.15) is 122 Å². The molecule has 0 aliphatic carbocycles. The van der Waals surface area contributed by atoms with Crippen molar-refractivity contribution in [1.82, 2.24) is 4.90 Å². The lowest BCUT2D eigenvalue weighted by Gasteiger charge is -2.23. The third kappa shape index (κ3) is 13.4. The highest BCUT2D eigenvalue weighted by Gasteiger charge is 2.15. The van der Waals surface area contributed by atoms with Gasteiger partial charge in [0.05, 0.1) is 19.0 Å². The molecular formula is C36H54N2O2S. The first-order chi connectivity index (χ1) is 20.0. The van der Waals surface area contributed by atoms with Gasteiger partial charge in [0.2, 0.25) is 5.91 Å². The summed E-state index contributed by atoms with van der Waals surface area (Å²) >= 11 is 1.87. The van der Waals surface area contributed by atoms with Gasteiger partial charge in [-0.3, -0.25) is 4.79 Å². The number of rotatable bonds is 21. The summed E-state index contributed by atoms with van der Waals surface area (Å²) in [6.45, 7) is 8.22. The maximum Gasteiger partial charge on any atom is 0.224 e. The van der Waals surface area contributed by atoms with Gasteiger partial charge in [0.25, 0.3) is 0 Å². The Balaban J connectivity index is 1.33. The second kappa shape index (κ2) is 19.7. The van der Waals surface area contributed by atoms with Gasteiger partial charge in [0.1, 0.15) is 5.75 Å². The average Bonchev–Trinajstić information content (AvgIpc) is 3.38. The monoisotopic (exact) mass is 578 g/mol. The summed E-state index contributed by atoms with van der Waals surface area (Å²) in [6, 6.07) is 16.6. The Morgan fingerprint density at radius 1 is 0.829 bits per heavy atom. The van der Waals surface area contributed by atoms with Gasteiger partial charge in [-0.05, 0) is 53.6 Å². The zero-order valence-corrected chi connectivity index (χ0v) is 26.9. The first-order valence-electron chi connectivity index (χ1n) is 16.2. The molecule has 0 saturated carbocycles. The molecule has 0 bridgehead atoms. The number of ether oxygens (including phenoxy) is 1. The third-order valence-corrected chi connectivity index (χ3v) is 8.84. The molecule has 1 aliphatic rings. The number of nitrogens with zero attached hydrogens (tertiary/aromatic N) is 2. The van der Waals surface area contributed by atoms with Gasteiger partial charge in [-0.2, -0.15) is 0 Å². The van der Waals surface area contributed by atoms with Crippen molar-refractivity contribution >= 4 is 23.4 Å². The van der Waals surface area contributed by atoms with Crippen molar-refractivity contribution in [2.75, 3.05) is 17.4 Å². The first kappa shape index (κ1) is 33.1. The predicted octanol–water partition coefficient (Wildman–Crippen LogP) is 10.5. The average molecular weight is 579 g/mol. The lowest BCUT2D eigenvalue weighted by molar-refractivity contribution is -0.116. The summed E-state index contributed by atoms with van der Waals surface area (Å²) in [5, 5.41) is 0. The van der Waals surface area contributed by atoms with Crippen LogP contribution in [0.15, 0.2) is 59.6 Å². The van der Waals surface area contributed by atoms with Crippen LogP contribution in [0.2, 0.25) is 0 Å². The molecule has 226 valence electrons. The number of thioether (sulfide) groups is 1. The maximum absolute atomic E-state index is 12.6. The lowest BCUT2D eigenvalue weighted by Crippen LogP contribution is -2.28. The van der Waals surface area contributed by atoms with E-state index in [0.717, 1.165) is 42.4 Å². The molecule has 0 N–H and O–H groups in total. The van der Waals surface area contributed by atoms with Gasteiger partial charge < -0.3 is 14.5 Å². The number of hydrogen-bond donors (Lipinski definition) is 0. The fraction of sp³-hybridized carbons (Fsp3) is 0.583. The Hall–Kier alpha value is -2.40. The first-order valence-corrected chi connectivity index (χ1v) is 17.2. The highest BCUT2D eigenvalue weighted by molar-refractivity contribution is 8.03. The number of hydrogen-bond acceptors (Lipinski definition) is 4. The summed E-state index contributed by atoms with van der Waals surface area (Å²) in [4.78, 5) is 18.2. The highest BCUT2D eigenvalue weighted by Crippen LogP contribution is 2.27. The molecule has 3 rings (SSSR count). The number of allylic oxidation sites excluding steroid dienone is 1. The summed E-state index contributed by atoms with van der Waals surface area (Å²) < 4.78 is 6.09. The van der Waals surface area contributed by atoms with Gasteiger partial charge in [-0.15, -0.1) is 11.8 Å². The van der Waals surface area contributed by atoms with E-state index in [1.54, 1.807) is 6.92 Å². The molecule has 5 heteroatoms. The minimum atomic E-state index is 0.0448. The van der Waals surface area contributed by atoms with E-state index >= 15 is 0 Å². The van der Waals surface area contributed by atoms with Gasteiger partial charge in [-0.1, -0.05) is 115 Å². The fourth-order valence-electron chi connectivity index (χ4n) is 5.45. The number of benzene rings is 2. The van der Waals surface area contributed by atoms with E-state index in [9.17, 15) is 4.79 Å². The van der Waals surface area contributed by atoms with Crippen LogP contribution in [0.5, 0.6) is 5.75 Å². The number of carbonyl (C=O) groups excluding carboxylic acids is 1. The molecule has 0 unspecified atom stereocenters. The lowest BCUT2D eigenvalue weighted by atomic mass is 10.0. The fourth-order valence-corrected chi connectivity index (χ4v) is 6.21. The molecule has 2 aromatic carbocycles. The standard InChI is InChI=1S/C36H54N2O2S/c1-4-5-6-7-8-9-10-11-12-13-14-15-16-17-24-40-36-23-19-21-34(26-36)29-38(32(3)39)35-22-18-20-33(25-35)28-37-27-31(2)41-30-37/h18-23,25-27H,4-17,24,28-30H2,1-3H3. The molecule has 0 fully saturated rings. The summed E-state index contributed by atoms with van der Waals surface area (Å²) in [6.07, 6.45) is 21.3. The minimum absolute atomic E-state index is 0.0448. The van der Waals surface area contributed by atoms with Crippen LogP contribution >= 0.6 is 11.8 Å². The smallest absolute Gasteiger partial charge is 0.224 e. The van der Waals surface area contributed by atoms with E-state index in [1.165, 1.54) is 93.9 Å². The van der Waals surface area contributed by atoms with Crippen molar-refractivity contribution in [3.63, 3.8) is 0 Å². The SMILES string of the molecule is CCCCCCCCCCCCCCCCOc1cccc(CN(C(C)=O)c2cccc(CN3C=C(C)SC3)c2)c1. The molecule has 0 atom stereocenters. The molecule has 0 radical (unpaired) electrons. The van der Waals surface area contributed by atoms with Crippen molar-refractivity contribution in [3.8, 4) is 5.75 Å². The Kier molecular flexibility index (Phi) is 15.9. The van der Waals surface area contributed by atoms with E-state index in [-0.39, 0.29) is 5.91 Å². The molecule has 4 nitrogen and oxygen atoms in total. The van der Waals surface area contributed by atoms with Crippen LogP contribution in [0, 0.1) is 0 Å². The van der Waals surface area contributed by atoms with E-state index in [0.29, 0.717) is 6.54 Å². The van der Waals surface area contributed by atoms with Crippen LogP contribution in [-0.4, -0.2) is 23.3 Å². The van der Waals surface area contributed by atoms with Crippen LogP contribution in [0.25, 0.3) is 0 Å². The largest absolute Gasteiger partial charge is 0.494 e. The highest BCUT2D eigenvalue weighted by atomic mass is 32.2.